The van der Waals surface area contributed by atoms with Crippen LogP contribution in [-0.4, -0.2) is 39.5 Å². The first-order valence-electron chi connectivity index (χ1n) is 12.7. The number of rotatable bonds is 11. The molecule has 8 nitrogen and oxygen atoms in total. The van der Waals surface area contributed by atoms with Crippen molar-refractivity contribution in [2.75, 3.05) is 6.61 Å². The Morgan fingerprint density at radius 1 is 0.763 bits per heavy atom. The highest BCUT2D eigenvalue weighted by Gasteiger charge is 2.48. The lowest BCUT2D eigenvalue weighted by atomic mass is 9.95. The van der Waals surface area contributed by atoms with Crippen LogP contribution in [0.1, 0.15) is 41.6 Å². The molecule has 8 heteroatoms. The van der Waals surface area contributed by atoms with Gasteiger partial charge in [-0.05, 0) is 16.7 Å². The summed E-state index contributed by atoms with van der Waals surface area (Å²) in [5.74, 6) is 0.0737. The van der Waals surface area contributed by atoms with E-state index in [1.165, 1.54) is 13.3 Å². The molecule has 2 heterocycles. The van der Waals surface area contributed by atoms with E-state index in [-0.39, 0.29) is 6.04 Å². The van der Waals surface area contributed by atoms with Gasteiger partial charge in [0.25, 0.3) is 0 Å². The van der Waals surface area contributed by atoms with E-state index in [2.05, 4.69) is 10.1 Å². The summed E-state index contributed by atoms with van der Waals surface area (Å²) in [6.07, 6.45) is -0.493. The highest BCUT2D eigenvalue weighted by atomic mass is 16.6. The van der Waals surface area contributed by atoms with Crippen LogP contribution in [0.3, 0.4) is 0 Å². The Kier molecular flexibility index (Phi) is 8.55. The molecule has 0 saturated carbocycles. The Bertz CT molecular complexity index is 1280. The van der Waals surface area contributed by atoms with Crippen molar-refractivity contribution in [3.8, 4) is 0 Å². The van der Waals surface area contributed by atoms with Crippen molar-refractivity contribution in [1.29, 1.82) is 0 Å². The van der Waals surface area contributed by atoms with E-state index in [4.69, 9.17) is 18.9 Å². The summed E-state index contributed by atoms with van der Waals surface area (Å²) in [5.41, 5.74) is 3.09. The van der Waals surface area contributed by atoms with Crippen LogP contribution in [0.15, 0.2) is 97.3 Å². The molecule has 0 fully saturated rings. The fourth-order valence-electron chi connectivity index (χ4n) is 4.65. The molecular weight excluding hydrogens is 482 g/mol. The summed E-state index contributed by atoms with van der Waals surface area (Å²) >= 11 is 0. The maximum atomic E-state index is 12.2. The van der Waals surface area contributed by atoms with Gasteiger partial charge in [0.15, 0.2) is 11.9 Å². The summed E-state index contributed by atoms with van der Waals surface area (Å²) in [7, 11) is 0. The largest absolute Gasteiger partial charge is 0.451 e. The summed E-state index contributed by atoms with van der Waals surface area (Å²) in [4.78, 5) is 16.6. The molecule has 196 valence electrons. The quantitative estimate of drug-likeness (QED) is 0.266. The zero-order chi connectivity index (χ0) is 26.2. The minimum atomic E-state index is -0.787. The van der Waals surface area contributed by atoms with Crippen molar-refractivity contribution >= 4 is 5.97 Å². The number of benzene rings is 3. The van der Waals surface area contributed by atoms with Crippen LogP contribution in [0, 0.1) is 0 Å². The monoisotopic (exact) mass is 513 g/mol. The molecule has 3 aromatic carbocycles. The van der Waals surface area contributed by atoms with Crippen LogP contribution in [-0.2, 0) is 43.6 Å². The zero-order valence-corrected chi connectivity index (χ0v) is 21.3. The number of hydrogen-bond donors (Lipinski definition) is 0. The first-order chi connectivity index (χ1) is 18.7. The fraction of sp³-hybridized carbons (Fsp3) is 0.300. The maximum Gasteiger partial charge on any atom is 0.303 e. The number of nitrogens with zero attached hydrogens (tertiary/aromatic N) is 3. The van der Waals surface area contributed by atoms with Crippen LogP contribution >= 0.6 is 0 Å². The van der Waals surface area contributed by atoms with Gasteiger partial charge >= 0.3 is 5.97 Å². The molecule has 0 spiro atoms. The second-order valence-electron chi connectivity index (χ2n) is 9.18. The molecule has 0 bridgehead atoms. The van der Waals surface area contributed by atoms with Crippen molar-refractivity contribution in [2.45, 2.75) is 51.1 Å². The van der Waals surface area contributed by atoms with Crippen LogP contribution in [0.5, 0.6) is 0 Å². The summed E-state index contributed by atoms with van der Waals surface area (Å²) < 4.78 is 26.7. The van der Waals surface area contributed by atoms with Crippen LogP contribution in [0.2, 0.25) is 0 Å². The Labute approximate surface area is 222 Å². The van der Waals surface area contributed by atoms with E-state index < -0.39 is 24.3 Å². The molecule has 1 aliphatic heterocycles. The average Bonchev–Trinajstić information content (AvgIpc) is 3.44. The molecule has 4 aromatic rings. The van der Waals surface area contributed by atoms with E-state index in [0.717, 1.165) is 16.7 Å². The molecule has 0 amide bonds. The highest BCUT2D eigenvalue weighted by Crippen LogP contribution is 2.38. The first kappa shape index (κ1) is 25.8. The lowest BCUT2D eigenvalue weighted by Crippen LogP contribution is -2.50. The fourth-order valence-corrected chi connectivity index (χ4v) is 4.65. The average molecular weight is 514 g/mol. The molecular formula is C30H31N3O5. The molecule has 0 N–H and O–H groups in total. The van der Waals surface area contributed by atoms with Gasteiger partial charge < -0.3 is 18.9 Å². The normalized spacial score (nSPS) is 20.6. The van der Waals surface area contributed by atoms with Crippen LogP contribution in [0.25, 0.3) is 0 Å². The molecule has 0 radical (unpaired) electrons. The van der Waals surface area contributed by atoms with Gasteiger partial charge in [-0.1, -0.05) is 91.0 Å². The molecule has 1 aromatic heterocycles. The van der Waals surface area contributed by atoms with Crippen molar-refractivity contribution < 1.29 is 23.7 Å². The third-order valence-electron chi connectivity index (χ3n) is 6.43. The number of fused-ring (bicyclic) bond motifs is 1. The second kappa shape index (κ2) is 12.6. The van der Waals surface area contributed by atoms with E-state index in [1.54, 1.807) is 4.68 Å². The number of carbonyl (C=O) groups excluding carboxylic acids is 1. The van der Waals surface area contributed by atoms with E-state index in [9.17, 15) is 4.79 Å². The SMILES string of the molecule is CC(=O)O[C@@H]1c2ncnn2[C@H](COCc2ccccc2)[C@@H](OCc2ccccc2)[C@@H]1OCc1ccccc1. The first-order valence-corrected chi connectivity index (χ1v) is 12.7. The minimum absolute atomic E-state index is 0.308. The number of esters is 1. The third kappa shape index (κ3) is 6.34. The Balaban J connectivity index is 1.44. The van der Waals surface area contributed by atoms with Gasteiger partial charge in [-0.2, -0.15) is 5.10 Å². The molecule has 38 heavy (non-hydrogen) atoms. The minimum Gasteiger partial charge on any atom is -0.451 e. The van der Waals surface area contributed by atoms with E-state index >= 15 is 0 Å². The number of aromatic nitrogens is 3. The van der Waals surface area contributed by atoms with Gasteiger partial charge in [0.2, 0.25) is 0 Å². The standard InChI is InChI=1S/C30H31N3O5/c1-22(34)38-29-28(37-19-25-15-9-4-10-16-25)27(36-18-24-13-7-3-8-14-24)26(33-30(29)31-21-32-33)20-35-17-23-11-5-2-6-12-23/h2-16,21,26-29H,17-20H2,1H3/t26-,27-,28+,29+/m1/s1. The van der Waals surface area contributed by atoms with Crippen molar-refractivity contribution in [3.05, 3.63) is 120 Å². The smallest absolute Gasteiger partial charge is 0.303 e. The van der Waals surface area contributed by atoms with Gasteiger partial charge in [0.1, 0.15) is 24.6 Å². The van der Waals surface area contributed by atoms with E-state index in [0.29, 0.717) is 32.3 Å². The predicted molar refractivity (Wildman–Crippen MR) is 140 cm³/mol. The predicted octanol–water partition coefficient (Wildman–Crippen LogP) is 4.82. The lowest BCUT2D eigenvalue weighted by molar-refractivity contribution is -0.193. The van der Waals surface area contributed by atoms with Gasteiger partial charge in [0, 0.05) is 6.92 Å². The molecule has 4 atom stereocenters. The van der Waals surface area contributed by atoms with Crippen molar-refractivity contribution in [3.63, 3.8) is 0 Å². The highest BCUT2D eigenvalue weighted by molar-refractivity contribution is 5.66. The lowest BCUT2D eigenvalue weighted by Gasteiger charge is -2.41. The van der Waals surface area contributed by atoms with E-state index in [1.807, 2.05) is 91.0 Å². The van der Waals surface area contributed by atoms with Gasteiger partial charge in [0.05, 0.1) is 26.4 Å². The van der Waals surface area contributed by atoms with Gasteiger partial charge in [-0.15, -0.1) is 0 Å². The summed E-state index contributed by atoms with van der Waals surface area (Å²) in [5, 5.41) is 4.48. The number of ether oxygens (including phenoxy) is 4. The van der Waals surface area contributed by atoms with Gasteiger partial charge in [-0.3, -0.25) is 4.79 Å². The Morgan fingerprint density at radius 2 is 1.29 bits per heavy atom. The summed E-state index contributed by atoms with van der Waals surface area (Å²) in [6.45, 7) is 2.80. The molecule has 0 unspecified atom stereocenters. The zero-order valence-electron chi connectivity index (χ0n) is 21.3. The van der Waals surface area contributed by atoms with Crippen molar-refractivity contribution in [1.82, 2.24) is 14.8 Å². The topological polar surface area (TPSA) is 84.7 Å². The molecule has 0 saturated heterocycles. The van der Waals surface area contributed by atoms with Crippen molar-refractivity contribution in [2.24, 2.45) is 0 Å². The molecule has 0 aliphatic carbocycles. The third-order valence-corrected chi connectivity index (χ3v) is 6.43. The van der Waals surface area contributed by atoms with Gasteiger partial charge in [-0.25, -0.2) is 9.67 Å². The summed E-state index contributed by atoms with van der Waals surface area (Å²) in [6, 6.07) is 29.4. The molecule has 5 rings (SSSR count). The molecule has 1 aliphatic rings. The number of carbonyl (C=O) groups is 1. The Morgan fingerprint density at radius 3 is 1.84 bits per heavy atom. The maximum absolute atomic E-state index is 12.2. The second-order valence-corrected chi connectivity index (χ2v) is 9.18. The Hall–Kier alpha value is -3.85. The van der Waals surface area contributed by atoms with Crippen LogP contribution in [0.4, 0.5) is 0 Å². The van der Waals surface area contributed by atoms with Crippen LogP contribution < -0.4 is 0 Å². The number of hydrogen-bond acceptors (Lipinski definition) is 7.